The smallest absolute Gasteiger partial charge is 0.409 e. The molecule has 33 heavy (non-hydrogen) atoms. The fourth-order valence-corrected chi connectivity index (χ4v) is 3.85. The molecule has 0 spiro atoms. The molecule has 1 aliphatic heterocycles. The van der Waals surface area contributed by atoms with E-state index in [0.717, 1.165) is 24.8 Å². The molecular formula is C22H22F2N4O5. The number of aryl methyl sites for hydroxylation is 1. The van der Waals surface area contributed by atoms with E-state index in [1.54, 1.807) is 12.3 Å². The van der Waals surface area contributed by atoms with Crippen molar-refractivity contribution in [2.75, 3.05) is 33.9 Å². The van der Waals surface area contributed by atoms with Crippen molar-refractivity contribution in [2.24, 2.45) is 0 Å². The summed E-state index contributed by atoms with van der Waals surface area (Å²) < 4.78 is 46.7. The average molecular weight is 460 g/mol. The number of amides is 1. The standard InChI is InChI=1S/C22H22F2N4O5/c1-12-6-18-26-20(19-15(23)7-13(8-16(19)24)21(29)31-2)17(28(18)25-10-12)9-14-11-27(4-5-33-14)22(30)32-3/h6-8,10,14H,4-5,9,11H2,1-3H3/t14-/m0/s1. The molecule has 1 amide bonds. The summed E-state index contributed by atoms with van der Waals surface area (Å²) in [6, 6.07) is 3.56. The molecule has 2 aromatic heterocycles. The van der Waals surface area contributed by atoms with E-state index in [-0.39, 0.29) is 36.4 Å². The molecule has 1 atom stereocenters. The van der Waals surface area contributed by atoms with Crippen LogP contribution >= 0.6 is 0 Å². The van der Waals surface area contributed by atoms with Crippen LogP contribution in [0.15, 0.2) is 24.4 Å². The van der Waals surface area contributed by atoms with Gasteiger partial charge in [0.1, 0.15) is 17.3 Å². The van der Waals surface area contributed by atoms with E-state index in [1.807, 2.05) is 6.92 Å². The van der Waals surface area contributed by atoms with Crippen LogP contribution in [0.1, 0.15) is 21.6 Å². The van der Waals surface area contributed by atoms with E-state index in [2.05, 4.69) is 14.8 Å². The summed E-state index contributed by atoms with van der Waals surface area (Å²) in [5, 5.41) is 4.36. The lowest BCUT2D eigenvalue weighted by Crippen LogP contribution is -2.46. The summed E-state index contributed by atoms with van der Waals surface area (Å²) in [6.45, 7) is 2.72. The van der Waals surface area contributed by atoms with Crippen molar-refractivity contribution in [3.63, 3.8) is 0 Å². The van der Waals surface area contributed by atoms with Gasteiger partial charge in [0.2, 0.25) is 0 Å². The van der Waals surface area contributed by atoms with Gasteiger partial charge >= 0.3 is 12.1 Å². The number of hydrogen-bond donors (Lipinski definition) is 0. The normalized spacial score (nSPS) is 16.2. The van der Waals surface area contributed by atoms with E-state index in [1.165, 1.54) is 16.5 Å². The number of imidazole rings is 1. The Morgan fingerprint density at radius 1 is 1.18 bits per heavy atom. The minimum atomic E-state index is -0.961. The maximum Gasteiger partial charge on any atom is 0.409 e. The van der Waals surface area contributed by atoms with Crippen molar-refractivity contribution in [3.05, 3.63) is 52.9 Å². The van der Waals surface area contributed by atoms with Crippen LogP contribution in [-0.2, 0) is 20.6 Å². The lowest BCUT2D eigenvalue weighted by atomic mass is 10.0. The molecule has 0 radical (unpaired) electrons. The van der Waals surface area contributed by atoms with Crippen LogP contribution in [0.25, 0.3) is 16.9 Å². The minimum Gasteiger partial charge on any atom is -0.465 e. The molecule has 174 valence electrons. The number of halogens is 2. The second-order valence-corrected chi connectivity index (χ2v) is 7.63. The molecule has 0 aliphatic carbocycles. The van der Waals surface area contributed by atoms with Gasteiger partial charge in [0, 0.05) is 13.0 Å². The number of benzene rings is 1. The zero-order valence-electron chi connectivity index (χ0n) is 18.3. The van der Waals surface area contributed by atoms with Gasteiger partial charge in [0.25, 0.3) is 0 Å². The quantitative estimate of drug-likeness (QED) is 0.553. The van der Waals surface area contributed by atoms with Gasteiger partial charge in [-0.3, -0.25) is 0 Å². The molecule has 1 fully saturated rings. The van der Waals surface area contributed by atoms with Crippen molar-refractivity contribution in [1.82, 2.24) is 19.5 Å². The molecule has 1 saturated heterocycles. The highest BCUT2D eigenvalue weighted by Gasteiger charge is 2.29. The lowest BCUT2D eigenvalue weighted by molar-refractivity contribution is -0.0242. The second-order valence-electron chi connectivity index (χ2n) is 7.63. The van der Waals surface area contributed by atoms with E-state index < -0.39 is 29.8 Å². The van der Waals surface area contributed by atoms with Gasteiger partial charge in [-0.15, -0.1) is 0 Å². The number of esters is 1. The summed E-state index contributed by atoms with van der Waals surface area (Å²) in [5.74, 6) is -2.78. The maximum atomic E-state index is 15.1. The molecule has 0 bridgehead atoms. The third kappa shape index (κ3) is 4.36. The third-order valence-corrected chi connectivity index (χ3v) is 5.40. The fraction of sp³-hybridized carbons (Fsp3) is 0.364. The number of carbonyl (C=O) groups excluding carboxylic acids is 2. The van der Waals surface area contributed by atoms with E-state index in [9.17, 15) is 9.59 Å². The highest BCUT2D eigenvalue weighted by molar-refractivity contribution is 5.90. The van der Waals surface area contributed by atoms with E-state index in [0.29, 0.717) is 17.9 Å². The molecule has 3 aromatic rings. The number of fused-ring (bicyclic) bond motifs is 1. The number of methoxy groups -OCH3 is 2. The molecule has 9 nitrogen and oxygen atoms in total. The Labute approximate surface area is 187 Å². The Hall–Kier alpha value is -3.60. The topological polar surface area (TPSA) is 95.3 Å². The minimum absolute atomic E-state index is 0.0401. The van der Waals surface area contributed by atoms with Crippen LogP contribution in [-0.4, -0.2) is 71.6 Å². The van der Waals surface area contributed by atoms with Gasteiger partial charge in [-0.2, -0.15) is 5.10 Å². The average Bonchev–Trinajstić information content (AvgIpc) is 3.14. The van der Waals surface area contributed by atoms with Gasteiger partial charge in [-0.1, -0.05) is 0 Å². The lowest BCUT2D eigenvalue weighted by Gasteiger charge is -2.31. The van der Waals surface area contributed by atoms with Gasteiger partial charge in [-0.25, -0.2) is 27.9 Å². The van der Waals surface area contributed by atoms with Gasteiger partial charge < -0.3 is 19.1 Å². The largest absolute Gasteiger partial charge is 0.465 e. The Morgan fingerprint density at radius 2 is 1.91 bits per heavy atom. The van der Waals surface area contributed by atoms with Crippen molar-refractivity contribution in [3.8, 4) is 11.3 Å². The van der Waals surface area contributed by atoms with E-state index >= 15 is 8.78 Å². The van der Waals surface area contributed by atoms with Gasteiger partial charge in [-0.05, 0) is 30.7 Å². The van der Waals surface area contributed by atoms with Crippen LogP contribution in [0.3, 0.4) is 0 Å². The van der Waals surface area contributed by atoms with Crippen molar-refractivity contribution in [2.45, 2.75) is 19.4 Å². The van der Waals surface area contributed by atoms with Gasteiger partial charge in [0.15, 0.2) is 5.65 Å². The zero-order chi connectivity index (χ0) is 23.7. The highest BCUT2D eigenvalue weighted by Crippen LogP contribution is 2.31. The molecule has 3 heterocycles. The summed E-state index contributed by atoms with van der Waals surface area (Å²) >= 11 is 0. The summed E-state index contributed by atoms with van der Waals surface area (Å²) in [7, 11) is 2.42. The van der Waals surface area contributed by atoms with Crippen LogP contribution in [0.2, 0.25) is 0 Å². The first-order chi connectivity index (χ1) is 15.8. The molecule has 1 aromatic carbocycles. The second kappa shape index (κ2) is 9.10. The molecule has 0 N–H and O–H groups in total. The first kappa shape index (κ1) is 22.6. The van der Waals surface area contributed by atoms with Crippen LogP contribution < -0.4 is 0 Å². The molecular weight excluding hydrogens is 438 g/mol. The predicted molar refractivity (Wildman–Crippen MR) is 112 cm³/mol. The Bertz CT molecular complexity index is 1210. The van der Waals surface area contributed by atoms with Crippen molar-refractivity contribution in [1.29, 1.82) is 0 Å². The first-order valence-electron chi connectivity index (χ1n) is 10.2. The number of ether oxygens (including phenoxy) is 3. The summed E-state index contributed by atoms with van der Waals surface area (Å²) in [4.78, 5) is 29.6. The maximum absolute atomic E-state index is 15.1. The van der Waals surface area contributed by atoms with Crippen molar-refractivity contribution < 1.29 is 32.6 Å². The number of hydrogen-bond acceptors (Lipinski definition) is 7. The monoisotopic (exact) mass is 460 g/mol. The fourth-order valence-electron chi connectivity index (χ4n) is 3.85. The van der Waals surface area contributed by atoms with E-state index in [4.69, 9.17) is 9.47 Å². The predicted octanol–water partition coefficient (Wildman–Crippen LogP) is 2.78. The van der Waals surface area contributed by atoms with Crippen LogP contribution in [0, 0.1) is 18.6 Å². The van der Waals surface area contributed by atoms with Gasteiger partial charge in [0.05, 0.1) is 56.5 Å². The Morgan fingerprint density at radius 3 is 2.58 bits per heavy atom. The number of aromatic nitrogens is 3. The zero-order valence-corrected chi connectivity index (χ0v) is 18.3. The number of rotatable bonds is 4. The molecule has 11 heteroatoms. The molecule has 4 rings (SSSR count). The SMILES string of the molecule is COC(=O)c1cc(F)c(-c2nc3cc(C)cnn3c2C[C@H]2CN(C(=O)OC)CCO2)c(F)c1. The first-order valence-corrected chi connectivity index (χ1v) is 10.2. The summed E-state index contributed by atoms with van der Waals surface area (Å²) in [5.41, 5.74) is 1.03. The molecule has 1 aliphatic rings. The molecule has 0 unspecified atom stereocenters. The number of nitrogens with zero attached hydrogens (tertiary/aromatic N) is 4. The Balaban J connectivity index is 1.79. The third-order valence-electron chi connectivity index (χ3n) is 5.40. The molecule has 0 saturated carbocycles. The van der Waals surface area contributed by atoms with Crippen LogP contribution in [0.4, 0.5) is 13.6 Å². The number of morpholine rings is 1. The van der Waals surface area contributed by atoms with Crippen LogP contribution in [0.5, 0.6) is 0 Å². The van der Waals surface area contributed by atoms with Crippen molar-refractivity contribution >= 4 is 17.7 Å². The highest BCUT2D eigenvalue weighted by atomic mass is 19.1. The number of carbonyl (C=O) groups is 2. The summed E-state index contributed by atoms with van der Waals surface area (Å²) in [6.07, 6.45) is 0.834. The Kier molecular flexibility index (Phi) is 6.23.